The number of piperidine rings is 1. The lowest BCUT2D eigenvalue weighted by molar-refractivity contribution is 0.250. The molecule has 0 amide bonds. The predicted octanol–water partition coefficient (Wildman–Crippen LogP) is 4.83. The van der Waals surface area contributed by atoms with Crippen LogP contribution in [-0.2, 0) is 5.41 Å². The molecule has 120 valence electrons. The van der Waals surface area contributed by atoms with Crippen LogP contribution in [0.5, 0.6) is 5.75 Å². The normalized spacial score (nSPS) is 19.0. The molecule has 2 nitrogen and oxygen atoms in total. The highest BCUT2D eigenvalue weighted by atomic mass is 35.5. The molecule has 1 aliphatic heterocycles. The predicted molar refractivity (Wildman–Crippen MR) is 93.1 cm³/mol. The lowest BCUT2D eigenvalue weighted by Gasteiger charge is -2.25. The molecule has 1 N–H and O–H groups in total. The summed E-state index contributed by atoms with van der Waals surface area (Å²) in [7, 11) is 0. The van der Waals surface area contributed by atoms with Gasteiger partial charge in [-0.3, -0.25) is 0 Å². The minimum atomic E-state index is 0. The average molecular weight is 332 g/mol. The van der Waals surface area contributed by atoms with Crippen LogP contribution in [-0.4, -0.2) is 19.7 Å². The number of hydrogen-bond donors (Lipinski definition) is 1. The number of nitrogens with one attached hydrogen (secondary N) is 1. The van der Waals surface area contributed by atoms with Gasteiger partial charge in [0.2, 0.25) is 0 Å². The van der Waals surface area contributed by atoms with E-state index in [1.165, 1.54) is 24.9 Å². The summed E-state index contributed by atoms with van der Waals surface area (Å²) in [6.45, 7) is 9.67. The summed E-state index contributed by atoms with van der Waals surface area (Å²) in [5.74, 6) is 1.74. The van der Waals surface area contributed by atoms with Crippen LogP contribution in [0.15, 0.2) is 18.2 Å². The van der Waals surface area contributed by atoms with Crippen LogP contribution < -0.4 is 10.1 Å². The Hall–Kier alpha value is -0.440. The summed E-state index contributed by atoms with van der Waals surface area (Å²) in [6.07, 6.45) is 3.74. The SMILES string of the molecule is CC(C)(C)c1cc(Cl)ccc1OCCC1CCCNC1.Cl. The fraction of sp³-hybridized carbons (Fsp3) is 0.647. The molecule has 2 rings (SSSR count). The van der Waals surface area contributed by atoms with Crippen molar-refractivity contribution in [2.24, 2.45) is 5.92 Å². The average Bonchev–Trinajstić information content (AvgIpc) is 2.40. The molecule has 1 fully saturated rings. The summed E-state index contributed by atoms with van der Waals surface area (Å²) in [4.78, 5) is 0. The van der Waals surface area contributed by atoms with E-state index in [1.807, 2.05) is 18.2 Å². The number of rotatable bonds is 4. The van der Waals surface area contributed by atoms with E-state index in [2.05, 4.69) is 26.1 Å². The van der Waals surface area contributed by atoms with Crippen molar-refractivity contribution in [1.29, 1.82) is 0 Å². The topological polar surface area (TPSA) is 21.3 Å². The third-order valence-corrected chi connectivity index (χ3v) is 4.17. The Bertz CT molecular complexity index is 437. The van der Waals surface area contributed by atoms with Crippen molar-refractivity contribution in [2.45, 2.75) is 45.4 Å². The molecule has 0 spiro atoms. The minimum Gasteiger partial charge on any atom is -0.493 e. The second kappa shape index (κ2) is 8.26. The van der Waals surface area contributed by atoms with Crippen molar-refractivity contribution in [2.75, 3.05) is 19.7 Å². The van der Waals surface area contributed by atoms with E-state index in [9.17, 15) is 0 Å². The maximum atomic E-state index is 6.11. The van der Waals surface area contributed by atoms with E-state index in [-0.39, 0.29) is 17.8 Å². The minimum absolute atomic E-state index is 0. The fourth-order valence-electron chi connectivity index (χ4n) is 2.72. The van der Waals surface area contributed by atoms with Crippen molar-refractivity contribution in [3.63, 3.8) is 0 Å². The van der Waals surface area contributed by atoms with E-state index in [0.717, 1.165) is 36.3 Å². The van der Waals surface area contributed by atoms with Gasteiger partial charge in [0.15, 0.2) is 0 Å². The highest BCUT2D eigenvalue weighted by Gasteiger charge is 2.20. The van der Waals surface area contributed by atoms with Crippen molar-refractivity contribution in [3.8, 4) is 5.75 Å². The third kappa shape index (κ3) is 5.69. The van der Waals surface area contributed by atoms with Crippen LogP contribution in [0.1, 0.15) is 45.6 Å². The van der Waals surface area contributed by atoms with Gasteiger partial charge < -0.3 is 10.1 Å². The monoisotopic (exact) mass is 331 g/mol. The Morgan fingerprint density at radius 1 is 1.33 bits per heavy atom. The van der Waals surface area contributed by atoms with E-state index in [1.54, 1.807) is 0 Å². The molecular weight excluding hydrogens is 305 g/mol. The van der Waals surface area contributed by atoms with Crippen LogP contribution in [0.2, 0.25) is 5.02 Å². The number of ether oxygens (including phenoxy) is 1. The van der Waals surface area contributed by atoms with Gasteiger partial charge in [0.1, 0.15) is 5.75 Å². The van der Waals surface area contributed by atoms with Gasteiger partial charge >= 0.3 is 0 Å². The molecule has 1 heterocycles. The quantitative estimate of drug-likeness (QED) is 0.853. The van der Waals surface area contributed by atoms with Crippen LogP contribution >= 0.6 is 24.0 Å². The molecule has 1 aromatic rings. The van der Waals surface area contributed by atoms with Crippen molar-refractivity contribution >= 4 is 24.0 Å². The summed E-state index contributed by atoms with van der Waals surface area (Å²) in [5, 5.41) is 4.23. The lowest BCUT2D eigenvalue weighted by Crippen LogP contribution is -2.30. The second-order valence-electron chi connectivity index (χ2n) is 6.74. The number of benzene rings is 1. The zero-order valence-electron chi connectivity index (χ0n) is 13.2. The van der Waals surface area contributed by atoms with Gasteiger partial charge in [-0.25, -0.2) is 0 Å². The molecule has 1 aliphatic rings. The first-order valence-electron chi connectivity index (χ1n) is 7.60. The fourth-order valence-corrected chi connectivity index (χ4v) is 2.89. The molecule has 0 aromatic heterocycles. The van der Waals surface area contributed by atoms with Gasteiger partial charge in [-0.05, 0) is 61.9 Å². The number of hydrogen-bond acceptors (Lipinski definition) is 2. The Morgan fingerprint density at radius 3 is 2.71 bits per heavy atom. The Balaban J connectivity index is 0.00000220. The van der Waals surface area contributed by atoms with Gasteiger partial charge in [-0.15, -0.1) is 12.4 Å². The second-order valence-corrected chi connectivity index (χ2v) is 7.18. The third-order valence-electron chi connectivity index (χ3n) is 3.93. The molecule has 1 atom stereocenters. The van der Waals surface area contributed by atoms with Crippen molar-refractivity contribution in [1.82, 2.24) is 5.32 Å². The Labute approximate surface area is 140 Å². The van der Waals surface area contributed by atoms with Gasteiger partial charge in [-0.1, -0.05) is 32.4 Å². The standard InChI is InChI=1S/C17H26ClNO.ClH/c1-17(2,3)15-11-14(18)6-7-16(15)20-10-8-13-5-4-9-19-12-13;/h6-7,11,13,19H,4-5,8-10,12H2,1-3H3;1H. The van der Waals surface area contributed by atoms with E-state index in [0.29, 0.717) is 0 Å². The highest BCUT2D eigenvalue weighted by molar-refractivity contribution is 6.30. The molecule has 21 heavy (non-hydrogen) atoms. The van der Waals surface area contributed by atoms with E-state index in [4.69, 9.17) is 16.3 Å². The zero-order chi connectivity index (χ0) is 14.6. The summed E-state index contributed by atoms with van der Waals surface area (Å²) in [5.41, 5.74) is 1.24. The maximum absolute atomic E-state index is 6.11. The lowest BCUT2D eigenvalue weighted by atomic mass is 9.86. The van der Waals surface area contributed by atoms with Gasteiger partial charge in [0.25, 0.3) is 0 Å². The van der Waals surface area contributed by atoms with Crippen molar-refractivity contribution < 1.29 is 4.74 Å². The molecule has 0 bridgehead atoms. The van der Waals surface area contributed by atoms with Gasteiger partial charge in [-0.2, -0.15) is 0 Å². The molecule has 0 radical (unpaired) electrons. The summed E-state index contributed by atoms with van der Waals surface area (Å²) in [6, 6.07) is 5.94. The highest BCUT2D eigenvalue weighted by Crippen LogP contribution is 2.33. The molecule has 1 unspecified atom stereocenters. The smallest absolute Gasteiger partial charge is 0.123 e. The maximum Gasteiger partial charge on any atom is 0.123 e. The van der Waals surface area contributed by atoms with Crippen LogP contribution in [0.25, 0.3) is 0 Å². The first kappa shape index (κ1) is 18.6. The van der Waals surface area contributed by atoms with Crippen LogP contribution in [0.4, 0.5) is 0 Å². The molecule has 0 saturated carbocycles. The molecule has 1 saturated heterocycles. The molecule has 0 aliphatic carbocycles. The van der Waals surface area contributed by atoms with Crippen LogP contribution in [0.3, 0.4) is 0 Å². The first-order chi connectivity index (χ1) is 9.47. The summed E-state index contributed by atoms with van der Waals surface area (Å²) < 4.78 is 6.03. The van der Waals surface area contributed by atoms with E-state index >= 15 is 0 Å². The molecule has 4 heteroatoms. The van der Waals surface area contributed by atoms with E-state index < -0.39 is 0 Å². The Kier molecular flexibility index (Phi) is 7.32. The van der Waals surface area contributed by atoms with Crippen LogP contribution in [0, 0.1) is 5.92 Å². The van der Waals surface area contributed by atoms with Gasteiger partial charge in [0, 0.05) is 10.6 Å². The summed E-state index contributed by atoms with van der Waals surface area (Å²) >= 11 is 6.11. The largest absolute Gasteiger partial charge is 0.493 e. The number of halogens is 2. The first-order valence-corrected chi connectivity index (χ1v) is 7.98. The zero-order valence-corrected chi connectivity index (χ0v) is 14.8. The molecular formula is C17H27Cl2NO. The Morgan fingerprint density at radius 2 is 2.10 bits per heavy atom. The van der Waals surface area contributed by atoms with Gasteiger partial charge in [0.05, 0.1) is 6.61 Å². The molecule has 1 aromatic carbocycles. The van der Waals surface area contributed by atoms with Crippen molar-refractivity contribution in [3.05, 3.63) is 28.8 Å².